The maximum Gasteiger partial charge on any atom is 0.161 e. The average Bonchev–Trinajstić information content (AvgIpc) is 2.59. The number of methoxy groups -OCH3 is 2. The monoisotopic (exact) mass is 296 g/mol. The van der Waals surface area contributed by atoms with Gasteiger partial charge in [-0.15, -0.1) is 0 Å². The Kier molecular flexibility index (Phi) is 5.40. The first kappa shape index (κ1) is 15.9. The molecule has 0 unspecified atom stereocenters. The fourth-order valence-corrected chi connectivity index (χ4v) is 2.21. The molecule has 0 saturated heterocycles. The van der Waals surface area contributed by atoms with Crippen LogP contribution in [0.25, 0.3) is 0 Å². The van der Waals surface area contributed by atoms with Crippen molar-refractivity contribution in [3.8, 4) is 17.6 Å². The summed E-state index contributed by atoms with van der Waals surface area (Å²) in [6.45, 7) is 2.84. The van der Waals surface area contributed by atoms with Crippen molar-refractivity contribution >= 4 is 0 Å². The highest BCUT2D eigenvalue weighted by atomic mass is 16.5. The molecule has 0 fully saturated rings. The third-order valence-electron chi connectivity index (χ3n) is 3.60. The molecule has 1 N–H and O–H groups in total. The van der Waals surface area contributed by atoms with E-state index in [2.05, 4.69) is 18.3 Å². The molecule has 114 valence electrons. The van der Waals surface area contributed by atoms with Crippen LogP contribution in [0.1, 0.15) is 29.7 Å². The van der Waals surface area contributed by atoms with Crippen LogP contribution in [0.15, 0.2) is 42.5 Å². The van der Waals surface area contributed by atoms with Crippen LogP contribution in [0.3, 0.4) is 0 Å². The molecule has 1 atom stereocenters. The van der Waals surface area contributed by atoms with E-state index in [-0.39, 0.29) is 6.04 Å². The Morgan fingerprint density at radius 1 is 1.05 bits per heavy atom. The second-order valence-corrected chi connectivity index (χ2v) is 5.03. The predicted molar refractivity (Wildman–Crippen MR) is 86.0 cm³/mol. The second-order valence-electron chi connectivity index (χ2n) is 5.03. The summed E-state index contributed by atoms with van der Waals surface area (Å²) in [6.07, 6.45) is 0. The van der Waals surface area contributed by atoms with Gasteiger partial charge < -0.3 is 14.8 Å². The minimum atomic E-state index is 0.176. The summed E-state index contributed by atoms with van der Waals surface area (Å²) in [7, 11) is 3.26. The Bertz CT molecular complexity index is 660. The summed E-state index contributed by atoms with van der Waals surface area (Å²) in [5, 5.41) is 12.3. The maximum atomic E-state index is 8.80. The standard InChI is InChI=1S/C18H20N2O2/c1-13(16-8-9-17(21-2)18(10-16)22-3)20-12-15-6-4-14(11-19)5-7-15/h4-10,13,20H,12H2,1-3H3/t13-/m0/s1. The summed E-state index contributed by atoms with van der Waals surface area (Å²) in [6, 6.07) is 15.8. The van der Waals surface area contributed by atoms with E-state index >= 15 is 0 Å². The molecule has 4 nitrogen and oxygen atoms in total. The molecule has 2 aromatic rings. The summed E-state index contributed by atoms with van der Waals surface area (Å²) >= 11 is 0. The lowest BCUT2D eigenvalue weighted by atomic mass is 10.1. The predicted octanol–water partition coefficient (Wildman–Crippen LogP) is 3.43. The molecule has 0 aliphatic rings. The molecule has 4 heteroatoms. The molecule has 22 heavy (non-hydrogen) atoms. The molecular formula is C18H20N2O2. The Labute approximate surface area is 131 Å². The van der Waals surface area contributed by atoms with Gasteiger partial charge in [0, 0.05) is 12.6 Å². The normalized spacial score (nSPS) is 11.5. The fraction of sp³-hybridized carbons (Fsp3) is 0.278. The number of nitrogens with zero attached hydrogens (tertiary/aromatic N) is 1. The molecule has 0 amide bonds. The van der Waals surface area contributed by atoms with Crippen LogP contribution in [0.4, 0.5) is 0 Å². The lowest BCUT2D eigenvalue weighted by molar-refractivity contribution is 0.354. The van der Waals surface area contributed by atoms with Crippen molar-refractivity contribution < 1.29 is 9.47 Å². The highest BCUT2D eigenvalue weighted by Gasteiger charge is 2.09. The van der Waals surface area contributed by atoms with Crippen LogP contribution in [-0.2, 0) is 6.54 Å². The third-order valence-corrected chi connectivity index (χ3v) is 3.60. The van der Waals surface area contributed by atoms with E-state index in [1.54, 1.807) is 14.2 Å². The largest absolute Gasteiger partial charge is 0.493 e. The Morgan fingerprint density at radius 2 is 1.73 bits per heavy atom. The molecular weight excluding hydrogens is 276 g/mol. The lowest BCUT2D eigenvalue weighted by Crippen LogP contribution is -2.18. The Balaban J connectivity index is 2.02. The van der Waals surface area contributed by atoms with Gasteiger partial charge in [-0.05, 0) is 42.3 Å². The number of ether oxygens (including phenoxy) is 2. The molecule has 2 rings (SSSR count). The summed E-state index contributed by atoms with van der Waals surface area (Å²) in [4.78, 5) is 0. The molecule has 0 aromatic heterocycles. The van der Waals surface area contributed by atoms with Gasteiger partial charge in [0.05, 0.1) is 25.9 Å². The second kappa shape index (κ2) is 7.48. The van der Waals surface area contributed by atoms with Crippen molar-refractivity contribution in [3.63, 3.8) is 0 Å². The summed E-state index contributed by atoms with van der Waals surface area (Å²) in [5.74, 6) is 1.46. The topological polar surface area (TPSA) is 54.3 Å². The van der Waals surface area contributed by atoms with Gasteiger partial charge >= 0.3 is 0 Å². The van der Waals surface area contributed by atoms with Gasteiger partial charge in [-0.3, -0.25) is 0 Å². The average molecular weight is 296 g/mol. The molecule has 0 aliphatic heterocycles. The quantitative estimate of drug-likeness (QED) is 0.887. The molecule has 0 saturated carbocycles. The number of nitrogens with one attached hydrogen (secondary N) is 1. The van der Waals surface area contributed by atoms with Crippen LogP contribution >= 0.6 is 0 Å². The van der Waals surface area contributed by atoms with Gasteiger partial charge in [0.2, 0.25) is 0 Å². The van der Waals surface area contributed by atoms with E-state index in [0.29, 0.717) is 5.56 Å². The maximum absolute atomic E-state index is 8.80. The lowest BCUT2D eigenvalue weighted by Gasteiger charge is -2.16. The third kappa shape index (κ3) is 3.78. The summed E-state index contributed by atoms with van der Waals surface area (Å²) < 4.78 is 10.6. The minimum Gasteiger partial charge on any atom is -0.493 e. The van der Waals surface area contributed by atoms with Gasteiger partial charge in [-0.25, -0.2) is 0 Å². The summed E-state index contributed by atoms with van der Waals surface area (Å²) in [5.41, 5.74) is 2.95. The van der Waals surface area contributed by atoms with Gasteiger partial charge in [0.15, 0.2) is 11.5 Å². The number of nitriles is 1. The smallest absolute Gasteiger partial charge is 0.161 e. The van der Waals surface area contributed by atoms with Crippen molar-refractivity contribution in [2.75, 3.05) is 14.2 Å². The molecule has 0 heterocycles. The van der Waals surface area contributed by atoms with Gasteiger partial charge in [-0.1, -0.05) is 18.2 Å². The van der Waals surface area contributed by atoms with Crippen LogP contribution in [0.2, 0.25) is 0 Å². The van der Waals surface area contributed by atoms with Crippen molar-refractivity contribution in [3.05, 3.63) is 59.2 Å². The van der Waals surface area contributed by atoms with Crippen molar-refractivity contribution in [2.45, 2.75) is 19.5 Å². The van der Waals surface area contributed by atoms with Crippen molar-refractivity contribution in [1.29, 1.82) is 5.26 Å². The Morgan fingerprint density at radius 3 is 2.32 bits per heavy atom. The zero-order chi connectivity index (χ0) is 15.9. The SMILES string of the molecule is COc1ccc([C@H](C)NCc2ccc(C#N)cc2)cc1OC. The van der Waals surface area contributed by atoms with Gasteiger partial charge in [0.1, 0.15) is 0 Å². The molecule has 0 radical (unpaired) electrons. The zero-order valence-corrected chi connectivity index (χ0v) is 13.1. The van der Waals surface area contributed by atoms with E-state index in [0.717, 1.165) is 29.2 Å². The number of hydrogen-bond acceptors (Lipinski definition) is 4. The van der Waals surface area contributed by atoms with E-state index in [4.69, 9.17) is 14.7 Å². The van der Waals surface area contributed by atoms with Crippen LogP contribution < -0.4 is 14.8 Å². The highest BCUT2D eigenvalue weighted by Crippen LogP contribution is 2.29. The molecule has 2 aromatic carbocycles. The Hall–Kier alpha value is -2.51. The van der Waals surface area contributed by atoms with Crippen molar-refractivity contribution in [2.24, 2.45) is 0 Å². The zero-order valence-electron chi connectivity index (χ0n) is 13.1. The van der Waals surface area contributed by atoms with E-state index < -0.39 is 0 Å². The van der Waals surface area contributed by atoms with Gasteiger partial charge in [0.25, 0.3) is 0 Å². The van der Waals surface area contributed by atoms with Gasteiger partial charge in [-0.2, -0.15) is 5.26 Å². The van der Waals surface area contributed by atoms with E-state index in [1.807, 2.05) is 42.5 Å². The van der Waals surface area contributed by atoms with Crippen molar-refractivity contribution in [1.82, 2.24) is 5.32 Å². The first-order chi connectivity index (χ1) is 10.7. The van der Waals surface area contributed by atoms with E-state index in [9.17, 15) is 0 Å². The number of benzene rings is 2. The number of hydrogen-bond donors (Lipinski definition) is 1. The van der Waals surface area contributed by atoms with Crippen LogP contribution in [0, 0.1) is 11.3 Å². The first-order valence-electron chi connectivity index (χ1n) is 7.12. The first-order valence-corrected chi connectivity index (χ1v) is 7.12. The highest BCUT2D eigenvalue weighted by molar-refractivity contribution is 5.43. The minimum absolute atomic E-state index is 0.176. The molecule has 0 aliphatic carbocycles. The fourth-order valence-electron chi connectivity index (χ4n) is 2.21. The molecule has 0 spiro atoms. The molecule has 0 bridgehead atoms. The van der Waals surface area contributed by atoms with Crippen LogP contribution in [0.5, 0.6) is 11.5 Å². The van der Waals surface area contributed by atoms with Crippen LogP contribution in [-0.4, -0.2) is 14.2 Å². The van der Waals surface area contributed by atoms with E-state index in [1.165, 1.54) is 0 Å². The number of rotatable bonds is 6.